The van der Waals surface area contributed by atoms with Gasteiger partial charge in [0.05, 0.1) is 20.0 Å². The van der Waals surface area contributed by atoms with E-state index in [-0.39, 0.29) is 17.8 Å². The number of carbonyl (C=O) groups is 1. The first-order valence-electron chi connectivity index (χ1n) is 10.4. The second kappa shape index (κ2) is 12.0. The highest BCUT2D eigenvalue weighted by Crippen LogP contribution is 2.26. The number of allylic oxidation sites excluding steroid dienone is 1. The van der Waals surface area contributed by atoms with Crippen molar-refractivity contribution in [1.82, 2.24) is 20.1 Å². The van der Waals surface area contributed by atoms with E-state index < -0.39 is 0 Å². The number of methoxy groups -OCH3 is 2. The molecule has 1 unspecified atom stereocenters. The fourth-order valence-corrected chi connectivity index (χ4v) is 3.85. The molecule has 0 bridgehead atoms. The SMILES string of the molecule is C=CCn1c(SCC(=O)NCc2ccc(OC)cc2)nnc1C(C)Oc1cccc(OC)c1. The summed E-state index contributed by atoms with van der Waals surface area (Å²) in [7, 11) is 3.23. The van der Waals surface area contributed by atoms with E-state index in [0.717, 1.165) is 11.3 Å². The van der Waals surface area contributed by atoms with Gasteiger partial charge in [0.15, 0.2) is 17.1 Å². The zero-order valence-electron chi connectivity index (χ0n) is 19.0. The van der Waals surface area contributed by atoms with Gasteiger partial charge in [0.25, 0.3) is 0 Å². The molecule has 9 heteroatoms. The van der Waals surface area contributed by atoms with Crippen molar-refractivity contribution in [3.8, 4) is 17.2 Å². The fourth-order valence-electron chi connectivity index (χ4n) is 3.06. The quantitative estimate of drug-likeness (QED) is 0.317. The molecule has 174 valence electrons. The van der Waals surface area contributed by atoms with E-state index in [1.807, 2.05) is 60.0 Å². The van der Waals surface area contributed by atoms with Gasteiger partial charge in [-0.3, -0.25) is 9.36 Å². The summed E-state index contributed by atoms with van der Waals surface area (Å²) in [5.74, 6) is 2.94. The van der Waals surface area contributed by atoms with Crippen LogP contribution in [0.1, 0.15) is 24.4 Å². The standard InChI is InChI=1S/C24H28N4O4S/c1-5-13-28-23(17(2)32-21-8-6-7-20(14-21)31-4)26-27-24(28)33-16-22(29)25-15-18-9-11-19(30-3)12-10-18/h5-12,14,17H,1,13,15-16H2,2-4H3,(H,25,29). The van der Waals surface area contributed by atoms with E-state index in [0.29, 0.717) is 35.6 Å². The monoisotopic (exact) mass is 468 g/mol. The third kappa shape index (κ3) is 6.76. The molecule has 2 aromatic carbocycles. The van der Waals surface area contributed by atoms with E-state index in [9.17, 15) is 4.79 Å². The van der Waals surface area contributed by atoms with Crippen molar-refractivity contribution in [3.05, 3.63) is 72.6 Å². The average molecular weight is 469 g/mol. The second-order valence-electron chi connectivity index (χ2n) is 7.09. The molecule has 0 spiro atoms. The molecule has 0 saturated heterocycles. The molecule has 0 aliphatic carbocycles. The predicted molar refractivity (Wildman–Crippen MR) is 128 cm³/mol. The van der Waals surface area contributed by atoms with Crippen LogP contribution in [0, 0.1) is 0 Å². The molecule has 33 heavy (non-hydrogen) atoms. The molecule has 0 saturated carbocycles. The molecule has 0 aliphatic rings. The van der Waals surface area contributed by atoms with E-state index in [2.05, 4.69) is 22.1 Å². The van der Waals surface area contributed by atoms with Crippen molar-refractivity contribution in [3.63, 3.8) is 0 Å². The number of hydrogen-bond donors (Lipinski definition) is 1. The number of ether oxygens (including phenoxy) is 3. The number of aromatic nitrogens is 3. The van der Waals surface area contributed by atoms with Crippen LogP contribution in [0.2, 0.25) is 0 Å². The van der Waals surface area contributed by atoms with Gasteiger partial charge in [-0.25, -0.2) is 0 Å². The maximum Gasteiger partial charge on any atom is 0.230 e. The van der Waals surface area contributed by atoms with Gasteiger partial charge in [-0.1, -0.05) is 36.0 Å². The zero-order valence-corrected chi connectivity index (χ0v) is 19.8. The van der Waals surface area contributed by atoms with Gasteiger partial charge in [0, 0.05) is 19.2 Å². The van der Waals surface area contributed by atoms with Crippen LogP contribution in [0.5, 0.6) is 17.2 Å². The molecule has 1 aromatic heterocycles. The Morgan fingerprint density at radius 3 is 2.55 bits per heavy atom. The summed E-state index contributed by atoms with van der Waals surface area (Å²) in [4.78, 5) is 12.4. The molecular formula is C24H28N4O4S. The van der Waals surface area contributed by atoms with Crippen LogP contribution in [0.25, 0.3) is 0 Å². The maximum absolute atomic E-state index is 12.4. The Morgan fingerprint density at radius 2 is 1.85 bits per heavy atom. The number of carbonyl (C=O) groups excluding carboxylic acids is 1. The van der Waals surface area contributed by atoms with Crippen LogP contribution in [0.4, 0.5) is 0 Å². The fraction of sp³-hybridized carbons (Fsp3) is 0.292. The minimum Gasteiger partial charge on any atom is -0.497 e. The molecule has 3 aromatic rings. The van der Waals surface area contributed by atoms with Gasteiger partial charge in [0.2, 0.25) is 5.91 Å². The average Bonchev–Trinajstić information content (AvgIpc) is 3.24. The van der Waals surface area contributed by atoms with E-state index in [4.69, 9.17) is 14.2 Å². The van der Waals surface area contributed by atoms with Gasteiger partial charge in [-0.05, 0) is 36.8 Å². The number of amides is 1. The lowest BCUT2D eigenvalue weighted by Crippen LogP contribution is -2.24. The number of hydrogen-bond acceptors (Lipinski definition) is 7. The van der Waals surface area contributed by atoms with Crippen molar-refractivity contribution >= 4 is 17.7 Å². The van der Waals surface area contributed by atoms with E-state index in [1.54, 1.807) is 20.3 Å². The summed E-state index contributed by atoms with van der Waals surface area (Å²) >= 11 is 1.32. The van der Waals surface area contributed by atoms with Gasteiger partial charge in [-0.15, -0.1) is 16.8 Å². The number of benzene rings is 2. The molecule has 1 heterocycles. The van der Waals surface area contributed by atoms with Crippen molar-refractivity contribution in [2.24, 2.45) is 0 Å². The Kier molecular flexibility index (Phi) is 8.77. The van der Waals surface area contributed by atoms with Gasteiger partial charge in [-0.2, -0.15) is 0 Å². The highest BCUT2D eigenvalue weighted by Gasteiger charge is 2.20. The van der Waals surface area contributed by atoms with Crippen molar-refractivity contribution in [2.75, 3.05) is 20.0 Å². The summed E-state index contributed by atoms with van der Waals surface area (Å²) in [6.07, 6.45) is 1.40. The predicted octanol–water partition coefficient (Wildman–Crippen LogP) is 4.03. The first kappa shape index (κ1) is 24.2. The first-order chi connectivity index (χ1) is 16.0. The molecule has 3 rings (SSSR count). The minimum absolute atomic E-state index is 0.0915. The summed E-state index contributed by atoms with van der Waals surface area (Å²) in [5.41, 5.74) is 0.995. The molecular weight excluding hydrogens is 440 g/mol. The number of thioether (sulfide) groups is 1. The van der Waals surface area contributed by atoms with Gasteiger partial charge < -0.3 is 19.5 Å². The van der Waals surface area contributed by atoms with E-state index >= 15 is 0 Å². The Bertz CT molecular complexity index is 1070. The Morgan fingerprint density at radius 1 is 1.12 bits per heavy atom. The summed E-state index contributed by atoms with van der Waals surface area (Å²) in [6.45, 7) is 6.67. The lowest BCUT2D eigenvalue weighted by Gasteiger charge is -2.16. The smallest absolute Gasteiger partial charge is 0.230 e. The lowest BCUT2D eigenvalue weighted by atomic mass is 10.2. The summed E-state index contributed by atoms with van der Waals surface area (Å²) in [5, 5.41) is 12.1. The third-order valence-corrected chi connectivity index (χ3v) is 5.72. The molecule has 1 N–H and O–H groups in total. The Hall–Kier alpha value is -3.46. The van der Waals surface area contributed by atoms with E-state index in [1.165, 1.54) is 11.8 Å². The van der Waals surface area contributed by atoms with Crippen LogP contribution in [-0.4, -0.2) is 40.6 Å². The van der Waals surface area contributed by atoms with Crippen LogP contribution < -0.4 is 19.5 Å². The van der Waals surface area contributed by atoms with Crippen LogP contribution in [-0.2, 0) is 17.9 Å². The summed E-state index contributed by atoms with van der Waals surface area (Å²) in [6, 6.07) is 15.0. The molecule has 0 fully saturated rings. The molecule has 0 aliphatic heterocycles. The van der Waals surface area contributed by atoms with Gasteiger partial charge >= 0.3 is 0 Å². The molecule has 8 nitrogen and oxygen atoms in total. The largest absolute Gasteiger partial charge is 0.497 e. The van der Waals surface area contributed by atoms with Gasteiger partial charge in [0.1, 0.15) is 17.2 Å². The highest BCUT2D eigenvalue weighted by atomic mass is 32.2. The van der Waals surface area contributed by atoms with Crippen molar-refractivity contribution < 1.29 is 19.0 Å². The maximum atomic E-state index is 12.4. The molecule has 0 radical (unpaired) electrons. The molecule has 1 amide bonds. The summed E-state index contributed by atoms with van der Waals surface area (Å²) < 4.78 is 18.3. The van der Waals surface area contributed by atoms with Crippen LogP contribution in [0.3, 0.4) is 0 Å². The molecule has 1 atom stereocenters. The second-order valence-corrected chi connectivity index (χ2v) is 8.04. The van der Waals surface area contributed by atoms with Crippen LogP contribution >= 0.6 is 11.8 Å². The topological polar surface area (TPSA) is 87.5 Å². The number of rotatable bonds is 12. The minimum atomic E-state index is -0.359. The number of nitrogens with one attached hydrogen (secondary N) is 1. The van der Waals surface area contributed by atoms with Crippen molar-refractivity contribution in [1.29, 1.82) is 0 Å². The normalized spacial score (nSPS) is 11.5. The van der Waals surface area contributed by atoms with Crippen LogP contribution in [0.15, 0.2) is 66.3 Å². The number of nitrogens with zero attached hydrogens (tertiary/aromatic N) is 3. The van der Waals surface area contributed by atoms with Crippen molar-refractivity contribution in [2.45, 2.75) is 31.3 Å². The lowest BCUT2D eigenvalue weighted by molar-refractivity contribution is -0.118. The Balaban J connectivity index is 1.59. The highest BCUT2D eigenvalue weighted by molar-refractivity contribution is 7.99. The Labute approximate surface area is 198 Å². The third-order valence-electron chi connectivity index (χ3n) is 4.76. The zero-order chi connectivity index (χ0) is 23.6. The first-order valence-corrected chi connectivity index (χ1v) is 11.4.